The number of carbonyl (C=O) groups excluding carboxylic acids is 1. The average Bonchev–Trinajstić information content (AvgIpc) is 2.46. The van der Waals surface area contributed by atoms with Gasteiger partial charge < -0.3 is 5.32 Å². The molecule has 0 aliphatic rings. The van der Waals surface area contributed by atoms with Crippen molar-refractivity contribution in [3.8, 4) is 0 Å². The van der Waals surface area contributed by atoms with Gasteiger partial charge in [-0.15, -0.1) is 0 Å². The molecular weight excluding hydrogens is 331 g/mol. The first-order valence-corrected chi connectivity index (χ1v) is 8.77. The highest BCUT2D eigenvalue weighted by Crippen LogP contribution is 2.19. The zero-order chi connectivity index (χ0) is 18.0. The van der Waals surface area contributed by atoms with Crippen molar-refractivity contribution in [1.29, 1.82) is 0 Å². The summed E-state index contributed by atoms with van der Waals surface area (Å²) >= 11 is 0. The van der Waals surface area contributed by atoms with Gasteiger partial charge in [0.2, 0.25) is 0 Å². The second kappa shape index (κ2) is 6.60. The predicted octanol–water partition coefficient (Wildman–Crippen LogP) is 3.15. The van der Waals surface area contributed by atoms with Crippen LogP contribution in [0.2, 0.25) is 0 Å². The molecule has 0 aliphatic heterocycles. The van der Waals surface area contributed by atoms with E-state index in [1.54, 1.807) is 0 Å². The van der Waals surface area contributed by atoms with Gasteiger partial charge in [-0.1, -0.05) is 12.1 Å². The van der Waals surface area contributed by atoms with Crippen molar-refractivity contribution in [1.82, 2.24) is 5.32 Å². The van der Waals surface area contributed by atoms with Crippen LogP contribution >= 0.6 is 0 Å². The van der Waals surface area contributed by atoms with Crippen LogP contribution in [0.1, 0.15) is 31.1 Å². The lowest BCUT2D eigenvalue weighted by molar-refractivity contribution is 0.0919. The first kappa shape index (κ1) is 17.9. The molecule has 2 N–H and O–H groups in total. The molecule has 0 aromatic heterocycles. The normalized spacial score (nSPS) is 11.8. The summed E-state index contributed by atoms with van der Waals surface area (Å²) in [6, 6.07) is 11.0. The quantitative estimate of drug-likeness (QED) is 0.889. The van der Waals surface area contributed by atoms with Crippen molar-refractivity contribution in [3.63, 3.8) is 0 Å². The Hall–Kier alpha value is -2.41. The molecular formula is C17H19FN2O3S. The van der Waals surface area contributed by atoms with E-state index in [0.29, 0.717) is 5.56 Å². The molecule has 24 heavy (non-hydrogen) atoms. The molecule has 0 unspecified atom stereocenters. The smallest absolute Gasteiger partial charge is 0.264 e. The van der Waals surface area contributed by atoms with Crippen molar-refractivity contribution < 1.29 is 17.6 Å². The maximum atomic E-state index is 13.6. The van der Waals surface area contributed by atoms with Crippen molar-refractivity contribution >= 4 is 21.6 Å². The first-order chi connectivity index (χ1) is 11.1. The summed E-state index contributed by atoms with van der Waals surface area (Å²) < 4.78 is 40.3. The van der Waals surface area contributed by atoms with Gasteiger partial charge in [0, 0.05) is 16.8 Å². The summed E-state index contributed by atoms with van der Waals surface area (Å²) in [5, 5.41) is 2.81. The van der Waals surface area contributed by atoms with E-state index in [9.17, 15) is 17.6 Å². The Morgan fingerprint density at radius 1 is 1.00 bits per heavy atom. The number of carbonyl (C=O) groups is 1. The molecule has 2 rings (SSSR count). The standard InChI is InChI=1S/C17H19FN2O3S/c1-17(2,3)19-16(21)12-8-10-13(11-9-12)20-24(22,23)15-7-5-4-6-14(15)18/h4-11,20H,1-3H3,(H,19,21). The molecule has 0 bridgehead atoms. The van der Waals surface area contributed by atoms with Crippen molar-refractivity contribution in [2.75, 3.05) is 4.72 Å². The largest absolute Gasteiger partial charge is 0.347 e. The lowest BCUT2D eigenvalue weighted by Gasteiger charge is -2.20. The Labute approximate surface area is 141 Å². The van der Waals surface area contributed by atoms with Crippen LogP contribution in [0.15, 0.2) is 53.4 Å². The van der Waals surface area contributed by atoms with Gasteiger partial charge in [0.1, 0.15) is 10.7 Å². The molecule has 0 spiro atoms. The highest BCUT2D eigenvalue weighted by Gasteiger charge is 2.19. The van der Waals surface area contributed by atoms with E-state index in [1.165, 1.54) is 42.5 Å². The molecule has 1 amide bonds. The molecule has 0 aliphatic carbocycles. The highest BCUT2D eigenvalue weighted by atomic mass is 32.2. The number of rotatable bonds is 4. The summed E-state index contributed by atoms with van der Waals surface area (Å²) in [5.74, 6) is -1.09. The zero-order valence-corrected chi connectivity index (χ0v) is 14.4. The first-order valence-electron chi connectivity index (χ1n) is 7.28. The average molecular weight is 350 g/mol. The molecule has 2 aromatic rings. The highest BCUT2D eigenvalue weighted by molar-refractivity contribution is 7.92. The molecule has 0 atom stereocenters. The fourth-order valence-corrected chi connectivity index (χ4v) is 3.11. The summed E-state index contributed by atoms with van der Waals surface area (Å²) in [6.07, 6.45) is 0. The van der Waals surface area contributed by atoms with Gasteiger partial charge in [-0.3, -0.25) is 9.52 Å². The molecule has 128 valence electrons. The maximum absolute atomic E-state index is 13.6. The Kier molecular flexibility index (Phi) is 4.94. The number of amides is 1. The summed E-state index contributed by atoms with van der Waals surface area (Å²) in [5.41, 5.74) is 0.270. The fourth-order valence-electron chi connectivity index (χ4n) is 1.98. The van der Waals surface area contributed by atoms with Gasteiger partial charge >= 0.3 is 0 Å². The van der Waals surface area contributed by atoms with Crippen LogP contribution in [-0.2, 0) is 10.0 Å². The number of hydrogen-bond acceptors (Lipinski definition) is 3. The van der Waals surface area contributed by atoms with Crippen LogP contribution in [-0.4, -0.2) is 19.9 Å². The molecule has 0 heterocycles. The second-order valence-corrected chi connectivity index (χ2v) is 7.97. The molecule has 7 heteroatoms. The van der Waals surface area contributed by atoms with Crippen LogP contribution in [0.25, 0.3) is 0 Å². The van der Waals surface area contributed by atoms with Gasteiger partial charge in [-0.25, -0.2) is 12.8 Å². The second-order valence-electron chi connectivity index (χ2n) is 6.32. The fraction of sp³-hybridized carbons (Fsp3) is 0.235. The van der Waals surface area contributed by atoms with E-state index < -0.39 is 20.7 Å². The van der Waals surface area contributed by atoms with Crippen molar-refractivity contribution in [2.45, 2.75) is 31.2 Å². The summed E-state index contributed by atoms with van der Waals surface area (Å²) in [4.78, 5) is 11.6. The van der Waals surface area contributed by atoms with Gasteiger partial charge in [-0.2, -0.15) is 0 Å². The summed E-state index contributed by atoms with van der Waals surface area (Å²) in [6.45, 7) is 5.59. The molecule has 0 saturated heterocycles. The third kappa shape index (κ3) is 4.55. The van der Waals surface area contributed by atoms with Crippen molar-refractivity contribution in [3.05, 3.63) is 59.9 Å². The number of sulfonamides is 1. The zero-order valence-electron chi connectivity index (χ0n) is 13.6. The van der Waals surface area contributed by atoms with Gasteiger partial charge in [-0.05, 0) is 57.2 Å². The monoisotopic (exact) mass is 350 g/mol. The maximum Gasteiger partial charge on any atom is 0.264 e. The molecule has 5 nitrogen and oxygen atoms in total. The topological polar surface area (TPSA) is 75.3 Å². The third-order valence-electron chi connectivity index (χ3n) is 3.01. The van der Waals surface area contributed by atoms with Gasteiger partial charge in [0.25, 0.3) is 15.9 Å². The molecule has 0 fully saturated rings. The number of anilines is 1. The van der Waals surface area contributed by atoms with Crippen LogP contribution in [0.4, 0.5) is 10.1 Å². The lowest BCUT2D eigenvalue weighted by Crippen LogP contribution is -2.40. The molecule has 0 radical (unpaired) electrons. The third-order valence-corrected chi connectivity index (χ3v) is 4.43. The minimum absolute atomic E-state index is 0.241. The van der Waals surface area contributed by atoms with E-state index in [4.69, 9.17) is 0 Å². The molecule has 0 saturated carbocycles. The van der Waals surface area contributed by atoms with Gasteiger partial charge in [0.15, 0.2) is 0 Å². The number of halogens is 1. The van der Waals surface area contributed by atoms with Crippen LogP contribution in [0, 0.1) is 5.82 Å². The molecule has 2 aromatic carbocycles. The summed E-state index contributed by atoms with van der Waals surface area (Å²) in [7, 11) is -4.03. The minimum atomic E-state index is -4.03. The van der Waals surface area contributed by atoms with Crippen molar-refractivity contribution in [2.24, 2.45) is 0 Å². The van der Waals surface area contributed by atoms with E-state index in [-0.39, 0.29) is 17.1 Å². The van der Waals surface area contributed by atoms with Crippen LogP contribution in [0.3, 0.4) is 0 Å². The van der Waals surface area contributed by atoms with Crippen LogP contribution < -0.4 is 10.0 Å². The van der Waals surface area contributed by atoms with Gasteiger partial charge in [0.05, 0.1) is 0 Å². The minimum Gasteiger partial charge on any atom is -0.347 e. The van der Waals surface area contributed by atoms with E-state index >= 15 is 0 Å². The Balaban J connectivity index is 2.17. The number of hydrogen-bond donors (Lipinski definition) is 2. The Bertz CT molecular complexity index is 841. The van der Waals surface area contributed by atoms with E-state index in [1.807, 2.05) is 20.8 Å². The van der Waals surface area contributed by atoms with E-state index in [2.05, 4.69) is 10.0 Å². The Morgan fingerprint density at radius 3 is 2.12 bits per heavy atom. The SMILES string of the molecule is CC(C)(C)NC(=O)c1ccc(NS(=O)(=O)c2ccccc2F)cc1. The predicted molar refractivity (Wildman–Crippen MR) is 90.9 cm³/mol. The van der Waals surface area contributed by atoms with Crippen LogP contribution in [0.5, 0.6) is 0 Å². The number of benzene rings is 2. The number of nitrogens with one attached hydrogen (secondary N) is 2. The Morgan fingerprint density at radius 2 is 1.58 bits per heavy atom. The lowest BCUT2D eigenvalue weighted by atomic mass is 10.1. The van der Waals surface area contributed by atoms with E-state index in [0.717, 1.165) is 6.07 Å².